The van der Waals surface area contributed by atoms with E-state index in [1.54, 1.807) is 4.90 Å². The second-order valence-electron chi connectivity index (χ2n) is 8.63. The highest BCUT2D eigenvalue weighted by Crippen LogP contribution is 2.43. The smallest absolute Gasteiger partial charge is 0.239 e. The summed E-state index contributed by atoms with van der Waals surface area (Å²) in [6.07, 6.45) is 6.86. The maximum atomic E-state index is 12.3. The van der Waals surface area contributed by atoms with Gasteiger partial charge in [0.25, 0.3) is 0 Å². The quantitative estimate of drug-likeness (QED) is 0.400. The molecule has 1 atom stereocenters. The van der Waals surface area contributed by atoms with E-state index in [0.717, 1.165) is 51.4 Å². The average Bonchev–Trinajstić information content (AvgIpc) is 3.17. The van der Waals surface area contributed by atoms with Gasteiger partial charge < -0.3 is 15.5 Å². The Balaban J connectivity index is 1.41. The zero-order valence-electron chi connectivity index (χ0n) is 18.3. The van der Waals surface area contributed by atoms with Crippen molar-refractivity contribution < 1.29 is 4.79 Å². The SMILES string of the molecule is CN=C(NCCCN1CCCC1C(=O)N(C)C)NCC1(c2ccccc2)CCC1. The summed E-state index contributed by atoms with van der Waals surface area (Å²) < 4.78 is 0. The van der Waals surface area contributed by atoms with E-state index in [9.17, 15) is 4.79 Å². The molecule has 2 N–H and O–H groups in total. The molecule has 0 radical (unpaired) electrons. The summed E-state index contributed by atoms with van der Waals surface area (Å²) >= 11 is 0. The van der Waals surface area contributed by atoms with Gasteiger partial charge in [0, 0.05) is 46.2 Å². The molecule has 160 valence electrons. The van der Waals surface area contributed by atoms with Crippen molar-refractivity contribution in [2.75, 3.05) is 47.3 Å². The molecule has 1 unspecified atom stereocenters. The minimum absolute atomic E-state index is 0.0618. The van der Waals surface area contributed by atoms with Crippen molar-refractivity contribution in [3.05, 3.63) is 35.9 Å². The van der Waals surface area contributed by atoms with Crippen molar-refractivity contribution in [1.29, 1.82) is 0 Å². The number of benzene rings is 1. The molecule has 1 aliphatic heterocycles. The first-order valence-electron chi connectivity index (χ1n) is 11.0. The van der Waals surface area contributed by atoms with Crippen LogP contribution in [-0.2, 0) is 10.2 Å². The van der Waals surface area contributed by atoms with E-state index in [-0.39, 0.29) is 17.4 Å². The fourth-order valence-corrected chi connectivity index (χ4v) is 4.60. The van der Waals surface area contributed by atoms with Crippen molar-refractivity contribution in [3.63, 3.8) is 0 Å². The third-order valence-electron chi connectivity index (χ3n) is 6.52. The maximum Gasteiger partial charge on any atom is 0.239 e. The van der Waals surface area contributed by atoms with Gasteiger partial charge in [0.15, 0.2) is 5.96 Å². The van der Waals surface area contributed by atoms with Crippen LogP contribution >= 0.6 is 0 Å². The topological polar surface area (TPSA) is 60.0 Å². The fraction of sp³-hybridized carbons (Fsp3) is 0.652. The number of hydrogen-bond donors (Lipinski definition) is 2. The molecule has 6 nitrogen and oxygen atoms in total. The van der Waals surface area contributed by atoms with Gasteiger partial charge >= 0.3 is 0 Å². The molecular weight excluding hydrogens is 362 g/mol. The summed E-state index contributed by atoms with van der Waals surface area (Å²) in [7, 11) is 5.53. The average molecular weight is 400 g/mol. The zero-order chi connectivity index (χ0) is 20.7. The predicted octanol–water partition coefficient (Wildman–Crippen LogP) is 2.22. The number of nitrogens with one attached hydrogen (secondary N) is 2. The van der Waals surface area contributed by atoms with Gasteiger partial charge in [-0.3, -0.25) is 14.7 Å². The second kappa shape index (κ2) is 10.1. The van der Waals surface area contributed by atoms with Crippen molar-refractivity contribution in [3.8, 4) is 0 Å². The number of nitrogens with zero attached hydrogens (tertiary/aromatic N) is 3. The molecule has 29 heavy (non-hydrogen) atoms. The highest BCUT2D eigenvalue weighted by molar-refractivity contribution is 5.81. The van der Waals surface area contributed by atoms with E-state index in [4.69, 9.17) is 0 Å². The normalized spacial score (nSPS) is 21.5. The maximum absolute atomic E-state index is 12.3. The number of rotatable bonds is 8. The van der Waals surface area contributed by atoms with Crippen LogP contribution in [-0.4, -0.2) is 75.0 Å². The lowest BCUT2D eigenvalue weighted by Gasteiger charge is -2.43. The van der Waals surface area contributed by atoms with Crippen LogP contribution in [0.15, 0.2) is 35.3 Å². The van der Waals surface area contributed by atoms with Crippen LogP contribution in [0.4, 0.5) is 0 Å². The van der Waals surface area contributed by atoms with E-state index < -0.39 is 0 Å². The number of hydrogen-bond acceptors (Lipinski definition) is 3. The Morgan fingerprint density at radius 3 is 2.59 bits per heavy atom. The lowest BCUT2D eigenvalue weighted by atomic mass is 9.64. The number of likely N-dealkylation sites (tertiary alicyclic amines) is 1. The van der Waals surface area contributed by atoms with Crippen LogP contribution in [0.1, 0.15) is 44.1 Å². The van der Waals surface area contributed by atoms with Gasteiger partial charge in [-0.1, -0.05) is 36.8 Å². The first-order valence-corrected chi connectivity index (χ1v) is 11.0. The predicted molar refractivity (Wildman–Crippen MR) is 119 cm³/mol. The van der Waals surface area contributed by atoms with Crippen LogP contribution < -0.4 is 10.6 Å². The minimum Gasteiger partial charge on any atom is -0.356 e. The Morgan fingerprint density at radius 1 is 1.21 bits per heavy atom. The third-order valence-corrected chi connectivity index (χ3v) is 6.52. The molecule has 1 aromatic carbocycles. The molecular formula is C23H37N5O. The largest absolute Gasteiger partial charge is 0.356 e. The molecule has 3 rings (SSSR count). The summed E-state index contributed by atoms with van der Waals surface area (Å²) in [5.74, 6) is 1.11. The molecule has 1 heterocycles. The number of aliphatic imine (C=N–C) groups is 1. The molecule has 6 heteroatoms. The molecule has 0 aromatic heterocycles. The molecule has 1 aromatic rings. The van der Waals surface area contributed by atoms with Crippen LogP contribution in [0.25, 0.3) is 0 Å². The second-order valence-corrected chi connectivity index (χ2v) is 8.63. The van der Waals surface area contributed by atoms with Crippen molar-refractivity contribution >= 4 is 11.9 Å². The van der Waals surface area contributed by atoms with Crippen molar-refractivity contribution in [1.82, 2.24) is 20.4 Å². The summed E-state index contributed by atoms with van der Waals surface area (Å²) in [6.45, 7) is 3.75. The monoisotopic (exact) mass is 399 g/mol. The van der Waals surface area contributed by atoms with Gasteiger partial charge in [0.1, 0.15) is 0 Å². The molecule has 0 bridgehead atoms. The molecule has 1 saturated carbocycles. The van der Waals surface area contributed by atoms with Gasteiger partial charge in [0.2, 0.25) is 5.91 Å². The summed E-state index contributed by atoms with van der Waals surface area (Å²) in [6, 6.07) is 10.9. The Hall–Kier alpha value is -2.08. The van der Waals surface area contributed by atoms with Gasteiger partial charge in [-0.2, -0.15) is 0 Å². The lowest BCUT2D eigenvalue weighted by Crippen LogP contribution is -2.49. The van der Waals surface area contributed by atoms with Crippen molar-refractivity contribution in [2.24, 2.45) is 4.99 Å². The van der Waals surface area contributed by atoms with Crippen LogP contribution in [0, 0.1) is 0 Å². The van der Waals surface area contributed by atoms with Gasteiger partial charge in [-0.05, 0) is 44.2 Å². The molecule has 1 amide bonds. The van der Waals surface area contributed by atoms with Gasteiger partial charge in [-0.25, -0.2) is 0 Å². The number of guanidine groups is 1. The zero-order valence-corrected chi connectivity index (χ0v) is 18.3. The number of carbonyl (C=O) groups excluding carboxylic acids is 1. The summed E-state index contributed by atoms with van der Waals surface area (Å²) in [5, 5.41) is 6.99. The summed E-state index contributed by atoms with van der Waals surface area (Å²) in [4.78, 5) is 20.8. The van der Waals surface area contributed by atoms with Crippen molar-refractivity contribution in [2.45, 2.75) is 50.0 Å². The molecule has 2 aliphatic rings. The number of amides is 1. The first kappa shape index (κ1) is 21.6. The highest BCUT2D eigenvalue weighted by atomic mass is 16.2. The fourth-order valence-electron chi connectivity index (χ4n) is 4.60. The van der Waals surface area contributed by atoms with E-state index in [2.05, 4.69) is 50.9 Å². The molecule has 2 fully saturated rings. The Labute approximate surface area is 175 Å². The van der Waals surface area contributed by atoms with E-state index in [0.29, 0.717) is 0 Å². The molecule has 1 aliphatic carbocycles. The Bertz CT molecular complexity index is 684. The van der Waals surface area contributed by atoms with Crippen LogP contribution in [0.3, 0.4) is 0 Å². The first-order chi connectivity index (χ1) is 14.1. The highest BCUT2D eigenvalue weighted by Gasteiger charge is 2.38. The van der Waals surface area contributed by atoms with Gasteiger partial charge in [-0.15, -0.1) is 0 Å². The van der Waals surface area contributed by atoms with Crippen LogP contribution in [0.5, 0.6) is 0 Å². The number of carbonyl (C=O) groups is 1. The number of likely N-dealkylation sites (N-methyl/N-ethyl adjacent to an activating group) is 1. The van der Waals surface area contributed by atoms with E-state index in [1.807, 2.05) is 21.1 Å². The van der Waals surface area contributed by atoms with E-state index >= 15 is 0 Å². The van der Waals surface area contributed by atoms with Gasteiger partial charge in [0.05, 0.1) is 6.04 Å². The standard InChI is InChI=1S/C23H37N5O/c1-24-22(26-18-23(13-8-14-23)19-10-5-4-6-11-19)25-15-9-17-28-16-7-12-20(28)21(29)27(2)3/h4-6,10-11,20H,7-9,12-18H2,1-3H3,(H2,24,25,26). The molecule has 1 saturated heterocycles. The Morgan fingerprint density at radius 2 is 1.97 bits per heavy atom. The molecule has 0 spiro atoms. The Kier molecular flexibility index (Phi) is 7.53. The third kappa shape index (κ3) is 5.30. The summed E-state index contributed by atoms with van der Waals surface area (Å²) in [5.41, 5.74) is 1.67. The minimum atomic E-state index is 0.0618. The lowest BCUT2D eigenvalue weighted by molar-refractivity contribution is -0.133. The van der Waals surface area contributed by atoms with E-state index in [1.165, 1.54) is 24.8 Å². The van der Waals surface area contributed by atoms with Crippen LogP contribution in [0.2, 0.25) is 0 Å².